The van der Waals surface area contributed by atoms with Crippen LogP contribution < -0.4 is 9.47 Å². The summed E-state index contributed by atoms with van der Waals surface area (Å²) in [5.41, 5.74) is 0.686. The number of rotatable bonds is 8. The van der Waals surface area contributed by atoms with Crippen LogP contribution in [0, 0.1) is 0 Å². The molecule has 1 aromatic carbocycles. The van der Waals surface area contributed by atoms with Gasteiger partial charge in [0.2, 0.25) is 0 Å². The summed E-state index contributed by atoms with van der Waals surface area (Å²) in [5.74, 6) is 1.54. The zero-order chi connectivity index (χ0) is 18.4. The van der Waals surface area contributed by atoms with Gasteiger partial charge in [0.1, 0.15) is 23.8 Å². The van der Waals surface area contributed by atoms with Crippen molar-refractivity contribution in [3.8, 4) is 11.5 Å². The second-order valence-electron chi connectivity index (χ2n) is 5.85. The predicted octanol–water partition coefficient (Wildman–Crippen LogP) is 3.76. The number of methoxy groups -OCH3 is 1. The third kappa shape index (κ3) is 4.46. The summed E-state index contributed by atoms with van der Waals surface area (Å²) in [6.45, 7) is 1.65. The Kier molecular flexibility index (Phi) is 5.96. The summed E-state index contributed by atoms with van der Waals surface area (Å²) in [5, 5.41) is 2.04. The number of likely N-dealkylation sites (N-methyl/N-ethyl adjacent to an activating group) is 1. The number of hydrogen-bond acceptors (Lipinski definition) is 4. The van der Waals surface area contributed by atoms with Gasteiger partial charge in [0, 0.05) is 18.1 Å². The maximum Gasteiger partial charge on any atom is 0.270 e. The maximum absolute atomic E-state index is 12.7. The minimum absolute atomic E-state index is 0.00936. The average Bonchev–Trinajstić information content (AvgIpc) is 3.34. The topological polar surface area (TPSA) is 43.7 Å². The molecule has 0 saturated heterocycles. The van der Waals surface area contributed by atoms with Gasteiger partial charge in [-0.2, -0.15) is 0 Å². The molecule has 0 spiro atoms. The van der Waals surface area contributed by atoms with Crippen LogP contribution in [0.1, 0.15) is 15.4 Å². The number of amides is 1. The summed E-state index contributed by atoms with van der Waals surface area (Å²) < 4.78 is 12.8. The lowest BCUT2D eigenvalue weighted by molar-refractivity contribution is 0.0763. The first-order chi connectivity index (χ1) is 12.7. The van der Waals surface area contributed by atoms with Crippen molar-refractivity contribution >= 4 is 17.2 Å². The predicted molar refractivity (Wildman–Crippen MR) is 103 cm³/mol. The Morgan fingerprint density at radius 3 is 2.58 bits per heavy atom. The Labute approximate surface area is 157 Å². The number of thiophene rings is 1. The van der Waals surface area contributed by atoms with Gasteiger partial charge in [-0.25, -0.2) is 0 Å². The van der Waals surface area contributed by atoms with Gasteiger partial charge in [-0.05, 0) is 47.8 Å². The fraction of sp³-hybridized carbons (Fsp3) is 0.250. The van der Waals surface area contributed by atoms with E-state index in [-0.39, 0.29) is 5.91 Å². The van der Waals surface area contributed by atoms with Crippen molar-refractivity contribution in [2.75, 3.05) is 27.3 Å². The van der Waals surface area contributed by atoms with Crippen LogP contribution in [0.25, 0.3) is 0 Å². The second-order valence-corrected chi connectivity index (χ2v) is 6.88. The summed E-state index contributed by atoms with van der Waals surface area (Å²) >= 11 is 1.69. The molecule has 2 aromatic heterocycles. The normalized spacial score (nSPS) is 10.5. The summed E-state index contributed by atoms with van der Waals surface area (Å²) in [4.78, 5) is 15.6. The number of hydrogen-bond donors (Lipinski definition) is 0. The Bertz CT molecular complexity index is 825. The lowest BCUT2D eigenvalue weighted by Crippen LogP contribution is -2.32. The molecule has 0 radical (unpaired) electrons. The molecule has 136 valence electrons. The van der Waals surface area contributed by atoms with Crippen molar-refractivity contribution in [2.24, 2.45) is 0 Å². The fourth-order valence-electron chi connectivity index (χ4n) is 2.59. The van der Waals surface area contributed by atoms with Crippen LogP contribution in [-0.2, 0) is 6.54 Å². The molecule has 0 bridgehead atoms. The molecule has 5 nitrogen and oxygen atoms in total. The molecule has 0 saturated carbocycles. The first-order valence-electron chi connectivity index (χ1n) is 8.37. The van der Waals surface area contributed by atoms with Crippen molar-refractivity contribution in [3.63, 3.8) is 0 Å². The molecule has 26 heavy (non-hydrogen) atoms. The van der Waals surface area contributed by atoms with E-state index in [2.05, 4.69) is 6.07 Å². The molecule has 0 fully saturated rings. The Balaban J connectivity index is 1.53. The van der Waals surface area contributed by atoms with Crippen LogP contribution in [0.15, 0.2) is 60.1 Å². The van der Waals surface area contributed by atoms with Gasteiger partial charge in [-0.1, -0.05) is 6.07 Å². The van der Waals surface area contributed by atoms with E-state index in [1.165, 1.54) is 4.88 Å². The van der Waals surface area contributed by atoms with Crippen LogP contribution in [0.3, 0.4) is 0 Å². The van der Waals surface area contributed by atoms with Crippen molar-refractivity contribution < 1.29 is 14.3 Å². The third-order valence-corrected chi connectivity index (χ3v) is 4.92. The molecule has 3 aromatic rings. The van der Waals surface area contributed by atoms with Crippen molar-refractivity contribution in [2.45, 2.75) is 6.54 Å². The Morgan fingerprint density at radius 1 is 1.12 bits per heavy atom. The molecule has 6 heteroatoms. The molecule has 0 aliphatic carbocycles. The average molecular weight is 370 g/mol. The molecule has 0 aliphatic rings. The number of nitrogens with zero attached hydrogens (tertiary/aromatic N) is 2. The third-order valence-electron chi connectivity index (χ3n) is 4.06. The number of carbonyl (C=O) groups is 1. The SMILES string of the molecule is COc1ccc(OCCN(C)C(=O)c2cccn2Cc2cccs2)cc1. The van der Waals surface area contributed by atoms with Crippen molar-refractivity contribution in [3.05, 3.63) is 70.7 Å². The highest BCUT2D eigenvalue weighted by molar-refractivity contribution is 7.09. The smallest absolute Gasteiger partial charge is 0.270 e. The number of carbonyl (C=O) groups excluding carboxylic acids is 1. The second kappa shape index (κ2) is 8.58. The van der Waals surface area contributed by atoms with Gasteiger partial charge >= 0.3 is 0 Å². The van der Waals surface area contributed by atoms with E-state index < -0.39 is 0 Å². The Morgan fingerprint density at radius 2 is 1.88 bits per heavy atom. The monoisotopic (exact) mass is 370 g/mol. The summed E-state index contributed by atoms with van der Waals surface area (Å²) in [6.07, 6.45) is 1.94. The molecular formula is C20H22N2O3S. The molecule has 0 N–H and O–H groups in total. The van der Waals surface area contributed by atoms with Gasteiger partial charge in [-0.3, -0.25) is 4.79 Å². The zero-order valence-electron chi connectivity index (χ0n) is 14.9. The summed E-state index contributed by atoms with van der Waals surface area (Å²) in [6, 6.07) is 15.3. The van der Waals surface area contributed by atoms with Crippen molar-refractivity contribution in [1.82, 2.24) is 9.47 Å². The highest BCUT2D eigenvalue weighted by Gasteiger charge is 2.16. The van der Waals surface area contributed by atoms with Crippen LogP contribution in [0.4, 0.5) is 0 Å². The molecule has 2 heterocycles. The van der Waals surface area contributed by atoms with E-state index in [9.17, 15) is 4.79 Å². The maximum atomic E-state index is 12.7. The van der Waals surface area contributed by atoms with E-state index in [0.29, 0.717) is 25.4 Å². The van der Waals surface area contributed by atoms with Gasteiger partial charge in [0.05, 0.1) is 20.2 Å². The molecule has 0 unspecified atom stereocenters. The van der Waals surface area contributed by atoms with Crippen LogP contribution >= 0.6 is 11.3 Å². The molecule has 1 amide bonds. The molecule has 3 rings (SSSR count). The first-order valence-corrected chi connectivity index (χ1v) is 9.25. The lowest BCUT2D eigenvalue weighted by atomic mass is 10.3. The van der Waals surface area contributed by atoms with Gasteiger partial charge in [-0.15, -0.1) is 11.3 Å². The summed E-state index contributed by atoms with van der Waals surface area (Å²) in [7, 11) is 3.42. The first kappa shape index (κ1) is 18.1. The number of ether oxygens (including phenoxy) is 2. The molecular weight excluding hydrogens is 348 g/mol. The zero-order valence-corrected chi connectivity index (χ0v) is 15.7. The lowest BCUT2D eigenvalue weighted by Gasteiger charge is -2.18. The van der Waals surface area contributed by atoms with Crippen LogP contribution in [-0.4, -0.2) is 42.7 Å². The van der Waals surface area contributed by atoms with E-state index >= 15 is 0 Å². The molecule has 0 atom stereocenters. The molecule has 0 aliphatic heterocycles. The number of benzene rings is 1. The quantitative estimate of drug-likeness (QED) is 0.606. The van der Waals surface area contributed by atoms with Crippen molar-refractivity contribution in [1.29, 1.82) is 0 Å². The van der Waals surface area contributed by atoms with Crippen LogP contribution in [0.5, 0.6) is 11.5 Å². The van der Waals surface area contributed by atoms with Gasteiger partial charge < -0.3 is 18.9 Å². The minimum atomic E-state index is -0.00936. The highest BCUT2D eigenvalue weighted by atomic mass is 32.1. The van der Waals surface area contributed by atoms with E-state index in [1.54, 1.807) is 30.4 Å². The van der Waals surface area contributed by atoms with Gasteiger partial charge in [0.15, 0.2) is 0 Å². The highest BCUT2D eigenvalue weighted by Crippen LogP contribution is 2.17. The van der Waals surface area contributed by atoms with E-state index in [4.69, 9.17) is 9.47 Å². The van der Waals surface area contributed by atoms with E-state index in [0.717, 1.165) is 11.5 Å². The number of aromatic nitrogens is 1. The van der Waals surface area contributed by atoms with E-state index in [1.807, 2.05) is 58.6 Å². The van der Waals surface area contributed by atoms with Gasteiger partial charge in [0.25, 0.3) is 5.91 Å². The fourth-order valence-corrected chi connectivity index (χ4v) is 3.29. The standard InChI is InChI=1S/C20H22N2O3S/c1-21(12-13-25-17-9-7-16(24-2)8-10-17)20(23)19-6-3-11-22(19)15-18-5-4-14-26-18/h3-11,14H,12-13,15H2,1-2H3. The Hall–Kier alpha value is -2.73. The largest absolute Gasteiger partial charge is 0.497 e. The minimum Gasteiger partial charge on any atom is -0.497 e. The van der Waals surface area contributed by atoms with Crippen LogP contribution in [0.2, 0.25) is 0 Å².